The van der Waals surface area contributed by atoms with Crippen LogP contribution in [0.2, 0.25) is 0 Å². The number of furan rings is 1. The molecule has 0 bridgehead atoms. The van der Waals surface area contributed by atoms with E-state index in [2.05, 4.69) is 17.6 Å². The summed E-state index contributed by atoms with van der Waals surface area (Å²) in [7, 11) is 0. The zero-order valence-corrected chi connectivity index (χ0v) is 17.4. The van der Waals surface area contributed by atoms with Gasteiger partial charge in [-0.1, -0.05) is 31.5 Å². The largest absolute Gasteiger partial charge is 0.494 e. The number of benzene rings is 2. The number of anilines is 1. The summed E-state index contributed by atoms with van der Waals surface area (Å²) in [5, 5.41) is 5.54. The Morgan fingerprint density at radius 1 is 0.968 bits per heavy atom. The summed E-state index contributed by atoms with van der Waals surface area (Å²) < 4.78 is 16.3. The van der Waals surface area contributed by atoms with Crippen LogP contribution >= 0.6 is 0 Å². The first-order valence-electron chi connectivity index (χ1n) is 10.2. The zero-order valence-electron chi connectivity index (χ0n) is 17.4. The van der Waals surface area contributed by atoms with Crippen LogP contribution in [0.3, 0.4) is 0 Å². The molecule has 2 aromatic carbocycles. The Balaban J connectivity index is 1.44. The van der Waals surface area contributed by atoms with Gasteiger partial charge in [-0.05, 0) is 48.4 Å². The Kier molecular flexibility index (Phi) is 8.11. The van der Waals surface area contributed by atoms with Crippen LogP contribution in [0.1, 0.15) is 35.9 Å². The highest BCUT2D eigenvalue weighted by atomic mass is 16.5. The van der Waals surface area contributed by atoms with E-state index in [1.165, 1.54) is 6.26 Å². The maximum Gasteiger partial charge on any atom is 0.291 e. The van der Waals surface area contributed by atoms with Gasteiger partial charge >= 0.3 is 0 Å². The van der Waals surface area contributed by atoms with Crippen molar-refractivity contribution in [2.75, 3.05) is 18.5 Å². The van der Waals surface area contributed by atoms with E-state index < -0.39 is 0 Å². The van der Waals surface area contributed by atoms with Crippen LogP contribution < -0.4 is 20.1 Å². The monoisotopic (exact) mass is 422 g/mol. The Morgan fingerprint density at radius 2 is 1.77 bits per heavy atom. The molecule has 2 amide bonds. The summed E-state index contributed by atoms with van der Waals surface area (Å²) in [5.74, 6) is 0.872. The number of carbonyl (C=O) groups excluding carboxylic acids is 2. The molecule has 31 heavy (non-hydrogen) atoms. The zero-order chi connectivity index (χ0) is 21.9. The average molecular weight is 422 g/mol. The minimum absolute atomic E-state index is 0.137. The van der Waals surface area contributed by atoms with E-state index in [4.69, 9.17) is 13.9 Å². The summed E-state index contributed by atoms with van der Waals surface area (Å²) >= 11 is 0. The highest BCUT2D eigenvalue weighted by molar-refractivity contribution is 6.02. The topological polar surface area (TPSA) is 89.8 Å². The van der Waals surface area contributed by atoms with Crippen LogP contribution in [0.15, 0.2) is 71.3 Å². The number of ether oxygens (including phenoxy) is 2. The van der Waals surface area contributed by atoms with Crippen LogP contribution in [0.25, 0.3) is 0 Å². The van der Waals surface area contributed by atoms with Crippen molar-refractivity contribution in [3.05, 3.63) is 78.3 Å². The highest BCUT2D eigenvalue weighted by Gasteiger charge is 2.09. The van der Waals surface area contributed by atoms with Crippen molar-refractivity contribution >= 4 is 17.5 Å². The fourth-order valence-electron chi connectivity index (χ4n) is 2.74. The van der Waals surface area contributed by atoms with Crippen molar-refractivity contribution in [1.29, 1.82) is 0 Å². The van der Waals surface area contributed by atoms with Crippen molar-refractivity contribution in [3.8, 4) is 11.5 Å². The van der Waals surface area contributed by atoms with Gasteiger partial charge in [0, 0.05) is 18.3 Å². The number of amides is 2. The van der Waals surface area contributed by atoms with Gasteiger partial charge in [0.15, 0.2) is 12.4 Å². The van der Waals surface area contributed by atoms with Crippen molar-refractivity contribution in [1.82, 2.24) is 5.32 Å². The van der Waals surface area contributed by atoms with Gasteiger partial charge in [-0.25, -0.2) is 0 Å². The quantitative estimate of drug-likeness (QED) is 0.447. The van der Waals surface area contributed by atoms with E-state index in [0.717, 1.165) is 24.2 Å². The SMILES string of the molecule is CCCCOc1cccc(CNC(=O)COc2cccc(NC(=O)c3ccco3)c2)c1. The van der Waals surface area contributed by atoms with Crippen molar-refractivity contribution < 1.29 is 23.5 Å². The van der Waals surface area contributed by atoms with Crippen molar-refractivity contribution in [2.24, 2.45) is 0 Å². The number of hydrogen-bond donors (Lipinski definition) is 2. The minimum atomic E-state index is -0.360. The predicted molar refractivity (Wildman–Crippen MR) is 117 cm³/mol. The normalized spacial score (nSPS) is 10.4. The lowest BCUT2D eigenvalue weighted by molar-refractivity contribution is -0.123. The van der Waals surface area contributed by atoms with E-state index in [0.29, 0.717) is 24.6 Å². The van der Waals surface area contributed by atoms with Gasteiger partial charge < -0.3 is 24.5 Å². The molecule has 7 heteroatoms. The third kappa shape index (κ3) is 7.22. The molecule has 0 radical (unpaired) electrons. The van der Waals surface area contributed by atoms with Gasteiger partial charge in [-0.15, -0.1) is 0 Å². The number of carbonyl (C=O) groups is 2. The standard InChI is InChI=1S/C24H26N2O5/c1-2-3-12-29-20-9-4-7-18(14-20)16-25-23(27)17-31-21-10-5-8-19(15-21)26-24(28)22-11-6-13-30-22/h4-11,13-15H,2-3,12,16-17H2,1H3,(H,25,27)(H,26,28). The van der Waals surface area contributed by atoms with Gasteiger partial charge in [-0.3, -0.25) is 9.59 Å². The molecule has 0 spiro atoms. The molecule has 0 aliphatic carbocycles. The summed E-state index contributed by atoms with van der Waals surface area (Å²) in [4.78, 5) is 24.2. The second-order valence-corrected chi connectivity index (χ2v) is 6.87. The molecule has 162 valence electrons. The van der Waals surface area contributed by atoms with E-state index in [-0.39, 0.29) is 24.2 Å². The number of hydrogen-bond acceptors (Lipinski definition) is 5. The molecule has 3 rings (SSSR count). The van der Waals surface area contributed by atoms with Gasteiger partial charge in [0.25, 0.3) is 11.8 Å². The van der Waals surface area contributed by atoms with Crippen LogP contribution in [0.4, 0.5) is 5.69 Å². The molecule has 1 heterocycles. The van der Waals surface area contributed by atoms with Gasteiger partial charge in [0.05, 0.1) is 12.9 Å². The van der Waals surface area contributed by atoms with Crippen molar-refractivity contribution in [2.45, 2.75) is 26.3 Å². The fourth-order valence-corrected chi connectivity index (χ4v) is 2.74. The number of rotatable bonds is 11. The molecule has 0 aliphatic rings. The van der Waals surface area contributed by atoms with Crippen LogP contribution in [0, 0.1) is 0 Å². The molecule has 0 atom stereocenters. The fraction of sp³-hybridized carbons (Fsp3) is 0.250. The molecule has 0 saturated heterocycles. The summed E-state index contributed by atoms with van der Waals surface area (Å²) in [5.41, 5.74) is 1.49. The predicted octanol–water partition coefficient (Wildman–Crippen LogP) is 4.41. The molecule has 3 aromatic rings. The Hall–Kier alpha value is -3.74. The van der Waals surface area contributed by atoms with Crippen LogP contribution in [-0.2, 0) is 11.3 Å². The Morgan fingerprint density at radius 3 is 2.55 bits per heavy atom. The molecule has 0 fully saturated rings. The van der Waals surface area contributed by atoms with E-state index in [1.807, 2.05) is 24.3 Å². The molecule has 1 aromatic heterocycles. The van der Waals surface area contributed by atoms with E-state index >= 15 is 0 Å². The first-order valence-corrected chi connectivity index (χ1v) is 10.2. The maximum absolute atomic E-state index is 12.2. The van der Waals surface area contributed by atoms with Crippen molar-refractivity contribution in [3.63, 3.8) is 0 Å². The average Bonchev–Trinajstić information content (AvgIpc) is 3.32. The van der Waals surface area contributed by atoms with E-state index in [9.17, 15) is 9.59 Å². The molecular weight excluding hydrogens is 396 g/mol. The second kappa shape index (κ2) is 11.4. The number of unbranched alkanes of at least 4 members (excludes halogenated alkanes) is 1. The lowest BCUT2D eigenvalue weighted by Gasteiger charge is -2.10. The lowest BCUT2D eigenvalue weighted by atomic mass is 10.2. The molecule has 0 saturated carbocycles. The molecular formula is C24H26N2O5. The third-order valence-corrected chi connectivity index (χ3v) is 4.36. The first-order chi connectivity index (χ1) is 15.1. The Labute approximate surface area is 181 Å². The first kappa shape index (κ1) is 22.0. The van der Waals surface area contributed by atoms with Gasteiger partial charge in [-0.2, -0.15) is 0 Å². The van der Waals surface area contributed by atoms with Crippen LogP contribution in [0.5, 0.6) is 11.5 Å². The highest BCUT2D eigenvalue weighted by Crippen LogP contribution is 2.18. The summed E-state index contributed by atoms with van der Waals surface area (Å²) in [6.07, 6.45) is 3.52. The molecule has 7 nitrogen and oxygen atoms in total. The summed E-state index contributed by atoms with van der Waals surface area (Å²) in [6.45, 7) is 3.04. The molecule has 0 aliphatic heterocycles. The smallest absolute Gasteiger partial charge is 0.291 e. The third-order valence-electron chi connectivity index (χ3n) is 4.36. The molecule has 0 unspecified atom stereocenters. The summed E-state index contributed by atoms with van der Waals surface area (Å²) in [6, 6.07) is 17.7. The van der Waals surface area contributed by atoms with Crippen LogP contribution in [-0.4, -0.2) is 25.0 Å². The molecule has 2 N–H and O–H groups in total. The van der Waals surface area contributed by atoms with Gasteiger partial charge in [0.2, 0.25) is 0 Å². The second-order valence-electron chi connectivity index (χ2n) is 6.87. The minimum Gasteiger partial charge on any atom is -0.494 e. The maximum atomic E-state index is 12.2. The number of nitrogens with one attached hydrogen (secondary N) is 2. The Bertz CT molecular complexity index is 985. The lowest BCUT2D eigenvalue weighted by Crippen LogP contribution is -2.28. The van der Waals surface area contributed by atoms with Gasteiger partial charge in [0.1, 0.15) is 11.5 Å². The van der Waals surface area contributed by atoms with E-state index in [1.54, 1.807) is 36.4 Å².